The van der Waals surface area contributed by atoms with Gasteiger partial charge in [-0.15, -0.1) is 0 Å². The van der Waals surface area contributed by atoms with Crippen LogP contribution in [-0.2, 0) is 4.79 Å². The predicted octanol–water partition coefficient (Wildman–Crippen LogP) is 1.66. The molecule has 0 saturated carbocycles. The van der Waals surface area contributed by atoms with E-state index < -0.39 is 11.6 Å². The van der Waals surface area contributed by atoms with Gasteiger partial charge in [-0.25, -0.2) is 8.78 Å². The topological polar surface area (TPSA) is 49.6 Å². The predicted molar refractivity (Wildman–Crippen MR) is 81.3 cm³/mol. The lowest BCUT2D eigenvalue weighted by Gasteiger charge is -2.23. The third-order valence-corrected chi connectivity index (χ3v) is 3.79. The maximum absolute atomic E-state index is 14.0. The first kappa shape index (κ1) is 15.6. The summed E-state index contributed by atoms with van der Waals surface area (Å²) in [5.41, 5.74) is 5.20. The standard InChI is InChI=1S/C14H17F2N3OS/c1-18(8-11(20)19-6-2-3-7-19)10-5-4-9(14(17)21)12(15)13(10)16/h4-5H,2-3,6-8H2,1H3,(H2,17,21). The van der Waals surface area contributed by atoms with Crippen LogP contribution in [0.2, 0.25) is 0 Å². The number of carbonyl (C=O) groups excluding carboxylic acids is 1. The first-order valence-corrected chi connectivity index (χ1v) is 7.09. The fourth-order valence-corrected chi connectivity index (χ4v) is 2.54. The summed E-state index contributed by atoms with van der Waals surface area (Å²) in [6.07, 6.45) is 1.97. The van der Waals surface area contributed by atoms with Crippen LogP contribution in [0.25, 0.3) is 0 Å². The van der Waals surface area contributed by atoms with Gasteiger partial charge >= 0.3 is 0 Å². The Kier molecular flexibility index (Phi) is 4.72. The van der Waals surface area contributed by atoms with Crippen molar-refractivity contribution in [3.8, 4) is 0 Å². The van der Waals surface area contributed by atoms with Crippen LogP contribution in [0.3, 0.4) is 0 Å². The smallest absolute Gasteiger partial charge is 0.242 e. The minimum Gasteiger partial charge on any atom is -0.389 e. The molecule has 1 fully saturated rings. The molecule has 7 heteroatoms. The van der Waals surface area contributed by atoms with Crippen LogP contribution >= 0.6 is 12.2 Å². The normalized spacial score (nSPS) is 14.3. The lowest BCUT2D eigenvalue weighted by Crippen LogP contribution is -2.37. The summed E-state index contributed by atoms with van der Waals surface area (Å²) in [5, 5.41) is 0. The van der Waals surface area contributed by atoms with Gasteiger partial charge in [-0.1, -0.05) is 12.2 Å². The molecular formula is C14H17F2N3OS. The van der Waals surface area contributed by atoms with Gasteiger partial charge in [0.1, 0.15) is 4.99 Å². The number of likely N-dealkylation sites (tertiary alicyclic amines) is 1. The number of anilines is 1. The van der Waals surface area contributed by atoms with E-state index in [0.717, 1.165) is 25.9 Å². The van der Waals surface area contributed by atoms with Crippen molar-refractivity contribution in [1.82, 2.24) is 4.90 Å². The first-order valence-electron chi connectivity index (χ1n) is 6.68. The zero-order valence-corrected chi connectivity index (χ0v) is 12.6. The molecular weight excluding hydrogens is 296 g/mol. The summed E-state index contributed by atoms with van der Waals surface area (Å²) in [5.74, 6) is -2.22. The number of likely N-dealkylation sites (N-methyl/N-ethyl adjacent to an activating group) is 1. The van der Waals surface area contributed by atoms with Gasteiger partial charge < -0.3 is 15.5 Å². The lowest BCUT2D eigenvalue weighted by atomic mass is 10.1. The second-order valence-electron chi connectivity index (χ2n) is 5.07. The number of rotatable bonds is 4. The molecule has 1 aromatic rings. The van der Waals surface area contributed by atoms with Crippen LogP contribution in [0.1, 0.15) is 18.4 Å². The Labute approximate surface area is 127 Å². The number of hydrogen-bond donors (Lipinski definition) is 1. The second-order valence-corrected chi connectivity index (χ2v) is 5.51. The van der Waals surface area contributed by atoms with E-state index in [1.54, 1.807) is 11.9 Å². The molecule has 1 aromatic carbocycles. The number of benzene rings is 1. The number of hydrogen-bond acceptors (Lipinski definition) is 3. The van der Waals surface area contributed by atoms with E-state index in [0.29, 0.717) is 0 Å². The highest BCUT2D eigenvalue weighted by atomic mass is 32.1. The van der Waals surface area contributed by atoms with Gasteiger partial charge in [-0.2, -0.15) is 0 Å². The molecule has 0 radical (unpaired) electrons. The summed E-state index contributed by atoms with van der Waals surface area (Å²) < 4.78 is 27.9. The average Bonchev–Trinajstić information content (AvgIpc) is 2.95. The monoisotopic (exact) mass is 313 g/mol. The Morgan fingerprint density at radius 3 is 2.52 bits per heavy atom. The molecule has 1 aliphatic rings. The minimum atomic E-state index is -1.08. The number of halogens is 2. The SMILES string of the molecule is CN(CC(=O)N1CCCC1)c1ccc(C(N)=S)c(F)c1F. The van der Waals surface area contributed by atoms with E-state index in [4.69, 9.17) is 5.73 Å². The Hall–Kier alpha value is -1.76. The zero-order valence-electron chi connectivity index (χ0n) is 11.7. The fraction of sp³-hybridized carbons (Fsp3) is 0.429. The summed E-state index contributed by atoms with van der Waals surface area (Å²) in [4.78, 5) is 14.9. The average molecular weight is 313 g/mol. The van der Waals surface area contributed by atoms with Crippen LogP contribution < -0.4 is 10.6 Å². The second kappa shape index (κ2) is 6.34. The summed E-state index contributed by atoms with van der Waals surface area (Å²) in [7, 11) is 1.55. The molecule has 0 aromatic heterocycles. The molecule has 0 unspecified atom stereocenters. The third kappa shape index (κ3) is 3.29. The Morgan fingerprint density at radius 1 is 1.33 bits per heavy atom. The maximum Gasteiger partial charge on any atom is 0.242 e. The van der Waals surface area contributed by atoms with Crippen molar-refractivity contribution in [2.24, 2.45) is 5.73 Å². The van der Waals surface area contributed by atoms with Gasteiger partial charge in [0.2, 0.25) is 5.91 Å². The number of carbonyl (C=O) groups is 1. The van der Waals surface area contributed by atoms with Crippen molar-refractivity contribution in [3.05, 3.63) is 29.3 Å². The molecule has 114 valence electrons. The molecule has 0 atom stereocenters. The van der Waals surface area contributed by atoms with Crippen molar-refractivity contribution >= 4 is 28.8 Å². The molecule has 0 aliphatic carbocycles. The van der Waals surface area contributed by atoms with Gasteiger partial charge in [0.15, 0.2) is 11.6 Å². The highest BCUT2D eigenvalue weighted by Gasteiger charge is 2.22. The van der Waals surface area contributed by atoms with Crippen LogP contribution in [0, 0.1) is 11.6 Å². The molecule has 1 aliphatic heterocycles. The Balaban J connectivity index is 2.15. The summed E-state index contributed by atoms with van der Waals surface area (Å²) in [6.45, 7) is 1.45. The van der Waals surface area contributed by atoms with Crippen LogP contribution in [-0.4, -0.2) is 42.5 Å². The van der Waals surface area contributed by atoms with Crippen LogP contribution in [0.5, 0.6) is 0 Å². The van der Waals surface area contributed by atoms with Crippen LogP contribution in [0.4, 0.5) is 14.5 Å². The molecule has 2 N–H and O–H groups in total. The van der Waals surface area contributed by atoms with E-state index in [-0.39, 0.29) is 28.7 Å². The molecule has 0 spiro atoms. The van der Waals surface area contributed by atoms with E-state index in [9.17, 15) is 13.6 Å². The van der Waals surface area contributed by atoms with Gasteiger partial charge in [0.25, 0.3) is 0 Å². The zero-order chi connectivity index (χ0) is 15.6. The number of nitrogens with two attached hydrogens (primary N) is 1. The quantitative estimate of drug-likeness (QED) is 0.859. The largest absolute Gasteiger partial charge is 0.389 e. The first-order chi connectivity index (χ1) is 9.91. The van der Waals surface area contributed by atoms with Crippen molar-refractivity contribution < 1.29 is 13.6 Å². The van der Waals surface area contributed by atoms with Gasteiger partial charge in [0, 0.05) is 25.7 Å². The van der Waals surface area contributed by atoms with Crippen molar-refractivity contribution in [3.63, 3.8) is 0 Å². The molecule has 1 saturated heterocycles. The van der Waals surface area contributed by atoms with E-state index >= 15 is 0 Å². The van der Waals surface area contributed by atoms with Crippen molar-refractivity contribution in [2.45, 2.75) is 12.8 Å². The van der Waals surface area contributed by atoms with Crippen molar-refractivity contribution in [1.29, 1.82) is 0 Å². The molecule has 4 nitrogen and oxygen atoms in total. The highest BCUT2D eigenvalue weighted by molar-refractivity contribution is 7.80. The molecule has 1 heterocycles. The fourth-order valence-electron chi connectivity index (χ4n) is 2.38. The van der Waals surface area contributed by atoms with Crippen LogP contribution in [0.15, 0.2) is 12.1 Å². The van der Waals surface area contributed by atoms with Gasteiger partial charge in [0.05, 0.1) is 12.2 Å². The van der Waals surface area contributed by atoms with E-state index in [2.05, 4.69) is 12.2 Å². The number of amides is 1. The third-order valence-electron chi connectivity index (χ3n) is 3.57. The molecule has 2 rings (SSSR count). The van der Waals surface area contributed by atoms with E-state index in [1.807, 2.05) is 0 Å². The molecule has 1 amide bonds. The van der Waals surface area contributed by atoms with Gasteiger partial charge in [-0.3, -0.25) is 4.79 Å². The molecule has 21 heavy (non-hydrogen) atoms. The lowest BCUT2D eigenvalue weighted by molar-refractivity contribution is -0.128. The highest BCUT2D eigenvalue weighted by Crippen LogP contribution is 2.23. The summed E-state index contributed by atoms with van der Waals surface area (Å²) in [6, 6.07) is 2.71. The van der Waals surface area contributed by atoms with E-state index in [1.165, 1.54) is 17.0 Å². The molecule has 0 bridgehead atoms. The number of thiocarbonyl (C=S) groups is 1. The number of nitrogens with zero attached hydrogens (tertiary/aromatic N) is 2. The maximum atomic E-state index is 14.0. The van der Waals surface area contributed by atoms with Gasteiger partial charge in [-0.05, 0) is 25.0 Å². The summed E-state index contributed by atoms with van der Waals surface area (Å²) >= 11 is 4.66. The Morgan fingerprint density at radius 2 is 1.95 bits per heavy atom. The van der Waals surface area contributed by atoms with Crippen molar-refractivity contribution in [2.75, 3.05) is 31.6 Å². The Bertz CT molecular complexity index is 574. The minimum absolute atomic E-state index is 0.00276.